The molecule has 0 spiro atoms. The first-order valence-corrected chi connectivity index (χ1v) is 10.0. The van der Waals surface area contributed by atoms with Gasteiger partial charge < -0.3 is 10.3 Å². The smallest absolute Gasteiger partial charge is 0.366 e. The summed E-state index contributed by atoms with van der Waals surface area (Å²) in [6, 6.07) is 11.8. The number of rotatable bonds is 4. The fourth-order valence-electron chi connectivity index (χ4n) is 4.08. The second-order valence-electron chi connectivity index (χ2n) is 7.77. The molecule has 1 aromatic heterocycles. The lowest BCUT2D eigenvalue weighted by atomic mass is 10.0. The molecule has 172 valence electrons. The maximum absolute atomic E-state index is 13.3. The molecule has 0 unspecified atom stereocenters. The van der Waals surface area contributed by atoms with Gasteiger partial charge in [0.05, 0.1) is 16.6 Å². The number of primary amides is 1. The van der Waals surface area contributed by atoms with Crippen molar-refractivity contribution in [1.82, 2.24) is 4.57 Å². The molecule has 4 rings (SSSR count). The fraction of sp³-hybridized carbons (Fsp3) is 0.208. The monoisotopic (exact) mass is 464 g/mol. The number of halogens is 6. The molecule has 0 saturated heterocycles. The molecule has 9 heteroatoms. The van der Waals surface area contributed by atoms with Gasteiger partial charge in [-0.25, -0.2) is 0 Å². The van der Waals surface area contributed by atoms with E-state index in [0.29, 0.717) is 40.4 Å². The third-order valence-corrected chi connectivity index (χ3v) is 5.62. The van der Waals surface area contributed by atoms with Crippen LogP contribution in [0, 0.1) is 0 Å². The highest BCUT2D eigenvalue weighted by Gasteiger charge is 2.37. The molecule has 2 N–H and O–H groups in total. The van der Waals surface area contributed by atoms with Crippen LogP contribution in [-0.4, -0.2) is 10.5 Å². The molecule has 0 aliphatic heterocycles. The van der Waals surface area contributed by atoms with Crippen molar-refractivity contribution < 1.29 is 31.1 Å². The van der Waals surface area contributed by atoms with Gasteiger partial charge in [-0.3, -0.25) is 4.79 Å². The summed E-state index contributed by atoms with van der Waals surface area (Å²) in [7, 11) is 0. The van der Waals surface area contributed by atoms with E-state index in [0.717, 1.165) is 5.56 Å². The number of alkyl halides is 6. The van der Waals surface area contributed by atoms with Gasteiger partial charge in [0.25, 0.3) is 0 Å². The summed E-state index contributed by atoms with van der Waals surface area (Å²) in [6.07, 6.45) is -9.21. The van der Waals surface area contributed by atoms with E-state index in [1.807, 2.05) is 19.1 Å². The normalized spacial score (nSPS) is 12.6. The molecular formula is C24H18F6N2O. The van der Waals surface area contributed by atoms with E-state index in [1.165, 1.54) is 6.07 Å². The zero-order valence-corrected chi connectivity index (χ0v) is 17.3. The molecule has 0 fully saturated rings. The van der Waals surface area contributed by atoms with Crippen molar-refractivity contribution in [2.24, 2.45) is 5.73 Å². The Balaban J connectivity index is 2.01. The second kappa shape index (κ2) is 7.83. The Kier molecular flexibility index (Phi) is 5.38. The molecule has 0 saturated carbocycles. The number of hydrogen-bond donors (Lipinski definition) is 1. The molecule has 4 aromatic rings. The van der Waals surface area contributed by atoms with Gasteiger partial charge in [0, 0.05) is 28.4 Å². The van der Waals surface area contributed by atoms with Gasteiger partial charge in [0.15, 0.2) is 0 Å². The van der Waals surface area contributed by atoms with Gasteiger partial charge in [0.1, 0.15) is 0 Å². The van der Waals surface area contributed by atoms with Crippen molar-refractivity contribution in [3.63, 3.8) is 0 Å². The zero-order valence-electron chi connectivity index (χ0n) is 17.3. The van der Waals surface area contributed by atoms with Crippen LogP contribution in [0.25, 0.3) is 21.8 Å². The van der Waals surface area contributed by atoms with E-state index in [-0.39, 0.29) is 23.7 Å². The van der Waals surface area contributed by atoms with Gasteiger partial charge >= 0.3 is 12.4 Å². The number of hydrogen-bond acceptors (Lipinski definition) is 1. The van der Waals surface area contributed by atoms with Gasteiger partial charge in [-0.15, -0.1) is 0 Å². The van der Waals surface area contributed by atoms with Gasteiger partial charge in [-0.05, 0) is 53.9 Å². The number of fused-ring (bicyclic) bond motifs is 3. The summed E-state index contributed by atoms with van der Waals surface area (Å²) in [5.74, 6) is -0.683. The molecule has 1 amide bonds. The number of nitrogens with zero attached hydrogens (tertiary/aromatic N) is 1. The Morgan fingerprint density at radius 1 is 0.848 bits per heavy atom. The van der Waals surface area contributed by atoms with Crippen molar-refractivity contribution in [1.29, 1.82) is 0 Å². The SMILES string of the molecule is CCc1ccc2c3c(C(N)=O)cccc3n(Cc3cc(C(F)(F)F)cc(C(F)(F)F)c3)c2c1. The zero-order chi connectivity index (χ0) is 24.1. The number of benzene rings is 3. The third-order valence-electron chi connectivity index (χ3n) is 5.62. The Labute approximate surface area is 184 Å². The topological polar surface area (TPSA) is 48.0 Å². The molecule has 3 nitrogen and oxygen atoms in total. The van der Waals surface area contributed by atoms with Crippen molar-refractivity contribution in [2.45, 2.75) is 32.2 Å². The standard InChI is InChI=1S/C24H18F6N2O/c1-2-13-6-7-17-20(10-13)32(19-5-3-4-18(21(17)19)22(31)33)12-14-8-15(23(25,26)27)11-16(9-14)24(28,29)30/h3-11H,2,12H2,1H3,(H2,31,33). The molecule has 0 radical (unpaired) electrons. The van der Waals surface area contributed by atoms with E-state index in [4.69, 9.17) is 5.73 Å². The van der Waals surface area contributed by atoms with Crippen LogP contribution in [0.1, 0.15) is 39.5 Å². The summed E-state index contributed by atoms with van der Waals surface area (Å²) in [5.41, 5.74) is 4.83. The van der Waals surface area contributed by atoms with Crippen molar-refractivity contribution in [3.05, 3.63) is 82.4 Å². The van der Waals surface area contributed by atoms with Crippen molar-refractivity contribution >= 4 is 27.7 Å². The predicted molar refractivity (Wildman–Crippen MR) is 113 cm³/mol. The molecule has 1 heterocycles. The maximum Gasteiger partial charge on any atom is 0.416 e. The lowest BCUT2D eigenvalue weighted by molar-refractivity contribution is -0.143. The van der Waals surface area contributed by atoms with Crippen LogP contribution in [0.15, 0.2) is 54.6 Å². The van der Waals surface area contributed by atoms with Crippen LogP contribution >= 0.6 is 0 Å². The molecule has 33 heavy (non-hydrogen) atoms. The van der Waals surface area contributed by atoms with E-state index >= 15 is 0 Å². The highest BCUT2D eigenvalue weighted by Crippen LogP contribution is 2.38. The summed E-state index contributed by atoms with van der Waals surface area (Å²) in [4.78, 5) is 12.0. The number of nitrogens with two attached hydrogens (primary N) is 1. The number of carbonyl (C=O) groups excluding carboxylic acids is 1. The molecule has 0 aliphatic rings. The summed E-state index contributed by atoms with van der Waals surface area (Å²) in [5, 5.41) is 1.14. The quantitative estimate of drug-likeness (QED) is 0.343. The minimum absolute atomic E-state index is 0.107. The Morgan fingerprint density at radius 2 is 1.48 bits per heavy atom. The number of carbonyl (C=O) groups is 1. The van der Waals surface area contributed by atoms with Crippen LogP contribution in [-0.2, 0) is 25.3 Å². The van der Waals surface area contributed by atoms with Crippen LogP contribution in [0.5, 0.6) is 0 Å². The highest BCUT2D eigenvalue weighted by molar-refractivity contribution is 6.18. The first-order valence-electron chi connectivity index (χ1n) is 10.0. The van der Waals surface area contributed by atoms with E-state index in [9.17, 15) is 31.1 Å². The Bertz CT molecular complexity index is 1350. The number of aromatic nitrogens is 1. The lowest BCUT2D eigenvalue weighted by Gasteiger charge is -2.15. The van der Waals surface area contributed by atoms with Crippen LogP contribution < -0.4 is 5.73 Å². The second-order valence-corrected chi connectivity index (χ2v) is 7.77. The highest BCUT2D eigenvalue weighted by atomic mass is 19.4. The molecular weight excluding hydrogens is 446 g/mol. The Hall–Kier alpha value is -3.49. The minimum atomic E-state index is -4.94. The first-order chi connectivity index (χ1) is 15.4. The lowest BCUT2D eigenvalue weighted by Crippen LogP contribution is -2.13. The van der Waals surface area contributed by atoms with E-state index < -0.39 is 29.4 Å². The predicted octanol–water partition coefficient (Wildman–Crippen LogP) is 6.54. The molecule has 0 aliphatic carbocycles. The molecule has 0 atom stereocenters. The molecule has 3 aromatic carbocycles. The van der Waals surface area contributed by atoms with Crippen LogP contribution in [0.2, 0.25) is 0 Å². The van der Waals surface area contributed by atoms with Gasteiger partial charge in [-0.2, -0.15) is 26.3 Å². The summed E-state index contributed by atoms with van der Waals surface area (Å²) < 4.78 is 81.6. The van der Waals surface area contributed by atoms with E-state index in [2.05, 4.69) is 0 Å². The minimum Gasteiger partial charge on any atom is -0.366 e. The van der Waals surface area contributed by atoms with Gasteiger partial charge in [0.2, 0.25) is 5.91 Å². The van der Waals surface area contributed by atoms with Crippen molar-refractivity contribution in [2.75, 3.05) is 0 Å². The summed E-state index contributed by atoms with van der Waals surface area (Å²) >= 11 is 0. The van der Waals surface area contributed by atoms with E-state index in [1.54, 1.807) is 22.8 Å². The Morgan fingerprint density at radius 3 is 2.03 bits per heavy atom. The number of aryl methyl sites for hydroxylation is 1. The van der Waals surface area contributed by atoms with Gasteiger partial charge in [-0.1, -0.05) is 25.1 Å². The average molecular weight is 464 g/mol. The average Bonchev–Trinajstić information content (AvgIpc) is 3.05. The molecule has 0 bridgehead atoms. The summed E-state index contributed by atoms with van der Waals surface area (Å²) in [6.45, 7) is 1.66. The maximum atomic E-state index is 13.3. The van der Waals surface area contributed by atoms with Crippen LogP contribution in [0.3, 0.4) is 0 Å². The fourth-order valence-corrected chi connectivity index (χ4v) is 4.08. The number of amides is 1. The largest absolute Gasteiger partial charge is 0.416 e. The van der Waals surface area contributed by atoms with Crippen LogP contribution in [0.4, 0.5) is 26.3 Å². The third kappa shape index (κ3) is 4.15. The first kappa shape index (κ1) is 22.7. The van der Waals surface area contributed by atoms with Crippen molar-refractivity contribution in [3.8, 4) is 0 Å².